The van der Waals surface area contributed by atoms with Gasteiger partial charge in [-0.25, -0.2) is 0 Å². The summed E-state index contributed by atoms with van der Waals surface area (Å²) < 4.78 is 0. The molecular weight excluding hydrogens is 189 g/mol. The molecule has 0 aliphatic rings. The third kappa shape index (κ3) is 24.7. The van der Waals surface area contributed by atoms with Crippen molar-refractivity contribution in [3.05, 3.63) is 0 Å². The second-order valence-electron chi connectivity index (χ2n) is 0.152. The standard InChI is InChI=1S/Al.3ClH.Fe/h;3*1H;/q;;;;+3/p-3. The normalized spacial score (nSPS) is 9.00. The second-order valence-corrected chi connectivity index (χ2v) is 5.62. The Balaban J connectivity index is 0. The van der Waals surface area contributed by atoms with Crippen LogP contribution in [0.25, 0.3) is 0 Å². The van der Waals surface area contributed by atoms with Crippen molar-refractivity contribution in [2.24, 2.45) is 0 Å². The van der Waals surface area contributed by atoms with Gasteiger partial charge in [0, 0.05) is 17.4 Å². The van der Waals surface area contributed by atoms with Crippen LogP contribution in [0.5, 0.6) is 0 Å². The number of hydrogen-bond acceptors (Lipinski definition) is 0. The summed E-state index contributed by atoms with van der Waals surface area (Å²) in [6.45, 7) is 0. The van der Waals surface area contributed by atoms with E-state index in [0.717, 1.165) is 0 Å². The van der Waals surface area contributed by atoms with Crippen molar-refractivity contribution in [3.63, 3.8) is 0 Å². The Morgan fingerprint density at radius 3 is 1.00 bits per heavy atom. The maximum atomic E-state index is 4.89. The van der Waals surface area contributed by atoms with Gasteiger partial charge in [0.1, 0.15) is 0 Å². The molecule has 0 unspecified atom stereocenters. The van der Waals surface area contributed by atoms with E-state index in [1.54, 1.807) is 0 Å². The Bertz CT molecular complexity index is 11.6. The molecule has 0 heterocycles. The molecule has 0 aromatic rings. The third-order valence-electron chi connectivity index (χ3n) is 0. The molecule has 0 rings (SSSR count). The first-order chi connectivity index (χ1) is 1.73. The van der Waals surface area contributed by atoms with Crippen molar-refractivity contribution in [1.29, 1.82) is 0 Å². The zero-order valence-electron chi connectivity index (χ0n) is 2.06. The Morgan fingerprint density at radius 1 is 1.00 bits per heavy atom. The summed E-state index contributed by atoms with van der Waals surface area (Å²) in [5, 5.41) is 0. The number of hydrogen-bond donors (Lipinski definition) is 0. The van der Waals surface area contributed by atoms with Gasteiger partial charge in [0.25, 0.3) is 0 Å². The summed E-state index contributed by atoms with van der Waals surface area (Å²) in [5.74, 6) is 0. The van der Waals surface area contributed by atoms with Crippen LogP contribution in [0.2, 0.25) is 0 Å². The van der Waals surface area contributed by atoms with Gasteiger partial charge >= 0.3 is 41.5 Å². The number of rotatable bonds is 0. The van der Waals surface area contributed by atoms with Gasteiger partial charge in [-0.2, -0.15) is 0 Å². The summed E-state index contributed by atoms with van der Waals surface area (Å²) in [7, 11) is 14.7. The van der Waals surface area contributed by atoms with E-state index in [2.05, 4.69) is 0 Å². The summed E-state index contributed by atoms with van der Waals surface area (Å²) in [6, 6.07) is 0. The van der Waals surface area contributed by atoms with Crippen LogP contribution in [0.1, 0.15) is 0 Å². The first-order valence-corrected chi connectivity index (χ1v) is 4.96. The molecule has 0 saturated heterocycles. The molecule has 3 radical (unpaired) electrons. The van der Waals surface area contributed by atoms with Gasteiger partial charge in [-0.1, -0.05) is 0 Å². The van der Waals surface area contributed by atoms with E-state index in [1.807, 2.05) is 0 Å². The SMILES string of the molecule is [Al].[Cl][Fe]([Cl])[Cl]. The van der Waals surface area contributed by atoms with Gasteiger partial charge < -0.3 is 0 Å². The number of halogens is 3. The second kappa shape index (κ2) is 5.92. The summed E-state index contributed by atoms with van der Waals surface area (Å²) in [6.07, 6.45) is 0. The van der Waals surface area contributed by atoms with Crippen LogP contribution in [0.4, 0.5) is 0 Å². The molecular formula is AlCl3Fe. The minimum absolute atomic E-state index is 0. The zero-order chi connectivity index (χ0) is 3.58. The third-order valence-corrected chi connectivity index (χ3v) is 0. The summed E-state index contributed by atoms with van der Waals surface area (Å²) in [5.41, 5.74) is 0. The van der Waals surface area contributed by atoms with Crippen molar-refractivity contribution < 1.29 is 11.2 Å². The van der Waals surface area contributed by atoms with Crippen LogP contribution in [0.3, 0.4) is 0 Å². The van der Waals surface area contributed by atoms with Crippen LogP contribution in [0, 0.1) is 0 Å². The molecule has 0 aromatic carbocycles. The molecule has 0 amide bonds. The van der Waals surface area contributed by atoms with Crippen LogP contribution < -0.4 is 0 Å². The van der Waals surface area contributed by atoms with E-state index in [0.29, 0.717) is 0 Å². The van der Waals surface area contributed by atoms with Crippen molar-refractivity contribution in [1.82, 2.24) is 0 Å². The average molecular weight is 189 g/mol. The van der Waals surface area contributed by atoms with E-state index in [9.17, 15) is 0 Å². The predicted octanol–water partition coefficient (Wildman–Crippen LogP) is 1.69. The van der Waals surface area contributed by atoms with E-state index >= 15 is 0 Å². The van der Waals surface area contributed by atoms with Gasteiger partial charge in [-0.05, 0) is 0 Å². The molecule has 0 atom stereocenters. The molecule has 0 spiro atoms. The Morgan fingerprint density at radius 2 is 1.00 bits per heavy atom. The zero-order valence-corrected chi connectivity index (χ0v) is 6.59. The predicted molar refractivity (Wildman–Crippen MR) is 23.3 cm³/mol. The molecule has 0 saturated carbocycles. The van der Waals surface area contributed by atoms with Crippen molar-refractivity contribution in [2.75, 3.05) is 0 Å². The van der Waals surface area contributed by atoms with Gasteiger partial charge in [-0.3, -0.25) is 0 Å². The van der Waals surface area contributed by atoms with Crippen molar-refractivity contribution >= 4 is 47.7 Å². The van der Waals surface area contributed by atoms with Gasteiger partial charge in [-0.15, -0.1) is 0 Å². The molecule has 5 heteroatoms. The Labute approximate surface area is 58.5 Å². The average Bonchev–Trinajstić information content (AvgIpc) is 0.811. The van der Waals surface area contributed by atoms with Crippen LogP contribution in [-0.2, 0) is 11.2 Å². The first kappa shape index (κ1) is 10.0. The van der Waals surface area contributed by atoms with Gasteiger partial charge in [0.05, 0.1) is 0 Å². The molecule has 0 aromatic heterocycles. The molecule has 5 heavy (non-hydrogen) atoms. The minimum atomic E-state index is -1.33. The Hall–Kier alpha value is 1.92. The van der Waals surface area contributed by atoms with E-state index < -0.39 is 11.2 Å². The fourth-order valence-corrected chi connectivity index (χ4v) is 0. The first-order valence-electron chi connectivity index (χ1n) is 0.401. The molecule has 0 aliphatic carbocycles. The van der Waals surface area contributed by atoms with Crippen LogP contribution in [-0.4, -0.2) is 17.4 Å². The molecule has 0 fully saturated rings. The summed E-state index contributed by atoms with van der Waals surface area (Å²) >= 11 is -1.33. The molecule has 0 N–H and O–H groups in total. The van der Waals surface area contributed by atoms with E-state index in [-0.39, 0.29) is 17.4 Å². The Kier molecular flexibility index (Phi) is 11.9. The quantitative estimate of drug-likeness (QED) is 0.509. The van der Waals surface area contributed by atoms with E-state index in [1.165, 1.54) is 0 Å². The van der Waals surface area contributed by atoms with Crippen LogP contribution >= 0.6 is 30.3 Å². The monoisotopic (exact) mass is 188 g/mol. The molecule has 32 valence electrons. The fraction of sp³-hybridized carbons (Fsp3) is 0. The maximum absolute atomic E-state index is 4.89. The fourth-order valence-electron chi connectivity index (χ4n) is 0. The topological polar surface area (TPSA) is 0 Å². The van der Waals surface area contributed by atoms with Crippen molar-refractivity contribution in [3.8, 4) is 0 Å². The molecule has 0 nitrogen and oxygen atoms in total. The van der Waals surface area contributed by atoms with Gasteiger partial charge in [0.2, 0.25) is 0 Å². The molecule has 0 bridgehead atoms. The van der Waals surface area contributed by atoms with Crippen molar-refractivity contribution in [2.45, 2.75) is 0 Å². The van der Waals surface area contributed by atoms with Gasteiger partial charge in [0.15, 0.2) is 0 Å². The molecule has 0 aliphatic heterocycles. The summed E-state index contributed by atoms with van der Waals surface area (Å²) in [4.78, 5) is 0. The van der Waals surface area contributed by atoms with E-state index in [4.69, 9.17) is 30.3 Å². The van der Waals surface area contributed by atoms with Crippen LogP contribution in [0.15, 0.2) is 0 Å².